The topological polar surface area (TPSA) is 119 Å². The van der Waals surface area contributed by atoms with Crippen LogP contribution in [0.25, 0.3) is 0 Å². The molecule has 0 aliphatic carbocycles. The van der Waals surface area contributed by atoms with Crippen LogP contribution in [0, 0.1) is 11.3 Å². The maximum atomic E-state index is 11.8. The van der Waals surface area contributed by atoms with Crippen LogP contribution in [0.5, 0.6) is 0 Å². The monoisotopic (exact) mass is 256 g/mol. The predicted molar refractivity (Wildman–Crippen MR) is 66.8 cm³/mol. The van der Waals surface area contributed by atoms with E-state index in [9.17, 15) is 14.4 Å². The first kappa shape index (κ1) is 12.3. The molecule has 2 aromatic rings. The SMILES string of the molecule is N#Cc1cccc(NC(=O)c2c[nH]c(=O)[nH]c2=O)c1. The van der Waals surface area contributed by atoms with Crippen molar-refractivity contribution in [1.82, 2.24) is 9.97 Å². The number of nitrogens with zero attached hydrogens (tertiary/aromatic N) is 1. The molecule has 0 unspecified atom stereocenters. The molecule has 0 radical (unpaired) electrons. The molecule has 0 saturated carbocycles. The summed E-state index contributed by atoms with van der Waals surface area (Å²) < 4.78 is 0. The van der Waals surface area contributed by atoms with Gasteiger partial charge < -0.3 is 10.3 Å². The summed E-state index contributed by atoms with van der Waals surface area (Å²) >= 11 is 0. The van der Waals surface area contributed by atoms with Crippen LogP contribution < -0.4 is 16.6 Å². The lowest BCUT2D eigenvalue weighted by molar-refractivity contribution is 0.102. The third kappa shape index (κ3) is 2.76. The Morgan fingerprint density at radius 1 is 1.32 bits per heavy atom. The third-order valence-corrected chi connectivity index (χ3v) is 2.31. The van der Waals surface area contributed by atoms with Gasteiger partial charge in [0.2, 0.25) is 0 Å². The molecule has 1 aromatic carbocycles. The van der Waals surface area contributed by atoms with E-state index in [0.717, 1.165) is 6.20 Å². The molecular formula is C12H8N4O3. The molecule has 0 atom stereocenters. The predicted octanol–water partition coefficient (Wildman–Crippen LogP) is 0.187. The van der Waals surface area contributed by atoms with Gasteiger partial charge in [-0.05, 0) is 18.2 Å². The fraction of sp³-hybridized carbons (Fsp3) is 0. The lowest BCUT2D eigenvalue weighted by atomic mass is 10.2. The van der Waals surface area contributed by atoms with Crippen molar-refractivity contribution in [1.29, 1.82) is 5.26 Å². The van der Waals surface area contributed by atoms with Crippen LogP contribution in [-0.2, 0) is 0 Å². The van der Waals surface area contributed by atoms with Crippen LogP contribution in [0.2, 0.25) is 0 Å². The molecule has 0 saturated heterocycles. The van der Waals surface area contributed by atoms with Crippen LogP contribution in [0.4, 0.5) is 5.69 Å². The van der Waals surface area contributed by atoms with Gasteiger partial charge in [-0.3, -0.25) is 14.6 Å². The Hall–Kier alpha value is -3.14. The molecule has 2 rings (SSSR count). The number of nitrogens with one attached hydrogen (secondary N) is 3. The Morgan fingerprint density at radius 3 is 2.79 bits per heavy atom. The first-order chi connectivity index (χ1) is 9.10. The second kappa shape index (κ2) is 5.01. The standard InChI is InChI=1S/C12H8N4O3/c13-5-7-2-1-3-8(4-7)15-10(17)9-6-14-12(19)16-11(9)18/h1-4,6H,(H,15,17)(H2,14,16,18,19). The number of rotatable bonds is 2. The molecule has 3 N–H and O–H groups in total. The van der Waals surface area contributed by atoms with E-state index in [1.54, 1.807) is 18.2 Å². The van der Waals surface area contributed by atoms with Crippen molar-refractivity contribution in [2.75, 3.05) is 5.32 Å². The van der Waals surface area contributed by atoms with E-state index in [4.69, 9.17) is 5.26 Å². The second-order valence-corrected chi connectivity index (χ2v) is 3.63. The zero-order chi connectivity index (χ0) is 13.8. The minimum Gasteiger partial charge on any atom is -0.322 e. The average Bonchev–Trinajstić information content (AvgIpc) is 2.38. The number of anilines is 1. The van der Waals surface area contributed by atoms with Crippen molar-refractivity contribution in [2.24, 2.45) is 0 Å². The van der Waals surface area contributed by atoms with Crippen molar-refractivity contribution < 1.29 is 4.79 Å². The molecule has 0 aliphatic rings. The molecule has 0 bridgehead atoms. The summed E-state index contributed by atoms with van der Waals surface area (Å²) in [7, 11) is 0. The van der Waals surface area contributed by atoms with Crippen LogP contribution in [-0.4, -0.2) is 15.9 Å². The molecule has 7 nitrogen and oxygen atoms in total. The minimum atomic E-state index is -0.780. The highest BCUT2D eigenvalue weighted by Gasteiger charge is 2.11. The van der Waals surface area contributed by atoms with Crippen molar-refractivity contribution >= 4 is 11.6 Å². The fourth-order valence-electron chi connectivity index (χ4n) is 1.44. The molecule has 19 heavy (non-hydrogen) atoms. The van der Waals surface area contributed by atoms with Gasteiger partial charge in [0.1, 0.15) is 5.56 Å². The van der Waals surface area contributed by atoms with Crippen LogP contribution in [0.15, 0.2) is 40.1 Å². The highest BCUT2D eigenvalue weighted by Crippen LogP contribution is 2.10. The van der Waals surface area contributed by atoms with Crippen molar-refractivity contribution in [3.05, 3.63) is 62.4 Å². The Kier molecular flexibility index (Phi) is 3.25. The molecule has 7 heteroatoms. The van der Waals surface area contributed by atoms with Crippen molar-refractivity contribution in [2.45, 2.75) is 0 Å². The van der Waals surface area contributed by atoms with Gasteiger partial charge in [0.05, 0.1) is 11.6 Å². The summed E-state index contributed by atoms with van der Waals surface area (Å²) in [6, 6.07) is 8.17. The van der Waals surface area contributed by atoms with Gasteiger partial charge in [0.15, 0.2) is 0 Å². The maximum Gasteiger partial charge on any atom is 0.325 e. The number of hydrogen-bond acceptors (Lipinski definition) is 4. The van der Waals surface area contributed by atoms with Gasteiger partial charge >= 0.3 is 5.69 Å². The smallest absolute Gasteiger partial charge is 0.322 e. The quantitative estimate of drug-likeness (QED) is 0.710. The number of H-pyrrole nitrogens is 2. The number of benzene rings is 1. The molecular weight excluding hydrogens is 248 g/mol. The normalized spacial score (nSPS) is 9.63. The average molecular weight is 256 g/mol. The number of carbonyl (C=O) groups excluding carboxylic acids is 1. The van der Waals surface area contributed by atoms with E-state index in [1.165, 1.54) is 6.07 Å². The molecule has 0 aliphatic heterocycles. The number of hydrogen-bond donors (Lipinski definition) is 3. The van der Waals surface area contributed by atoms with Gasteiger partial charge in [-0.15, -0.1) is 0 Å². The molecule has 1 heterocycles. The Balaban J connectivity index is 2.28. The fourth-order valence-corrected chi connectivity index (χ4v) is 1.44. The van der Waals surface area contributed by atoms with Gasteiger partial charge in [-0.25, -0.2) is 4.79 Å². The summed E-state index contributed by atoms with van der Waals surface area (Å²) in [5.41, 5.74) is -0.921. The molecule has 1 amide bonds. The summed E-state index contributed by atoms with van der Waals surface area (Å²) in [5.74, 6) is -0.674. The zero-order valence-electron chi connectivity index (χ0n) is 9.56. The lowest BCUT2D eigenvalue weighted by Crippen LogP contribution is -2.29. The lowest BCUT2D eigenvalue weighted by Gasteiger charge is -2.04. The second-order valence-electron chi connectivity index (χ2n) is 3.63. The third-order valence-electron chi connectivity index (χ3n) is 2.31. The number of carbonyl (C=O) groups is 1. The maximum absolute atomic E-state index is 11.8. The van der Waals surface area contributed by atoms with E-state index >= 15 is 0 Å². The van der Waals surface area contributed by atoms with Gasteiger partial charge in [0.25, 0.3) is 11.5 Å². The van der Waals surface area contributed by atoms with E-state index in [1.807, 2.05) is 11.1 Å². The molecule has 1 aromatic heterocycles. The van der Waals surface area contributed by atoms with E-state index in [-0.39, 0.29) is 5.56 Å². The summed E-state index contributed by atoms with van der Waals surface area (Å²) in [4.78, 5) is 38.2. The molecule has 94 valence electrons. The van der Waals surface area contributed by atoms with Crippen molar-refractivity contribution in [3.8, 4) is 6.07 Å². The highest BCUT2D eigenvalue weighted by atomic mass is 16.2. The van der Waals surface area contributed by atoms with Crippen LogP contribution in [0.3, 0.4) is 0 Å². The number of aromatic amines is 2. The molecule has 0 spiro atoms. The minimum absolute atomic E-state index is 0.220. The van der Waals surface area contributed by atoms with Gasteiger partial charge in [0, 0.05) is 11.9 Å². The summed E-state index contributed by atoms with van der Waals surface area (Å²) in [5, 5.41) is 11.2. The molecule has 0 fully saturated rings. The van der Waals surface area contributed by atoms with E-state index < -0.39 is 17.2 Å². The zero-order valence-corrected chi connectivity index (χ0v) is 9.56. The highest BCUT2D eigenvalue weighted by molar-refractivity contribution is 6.03. The first-order valence-electron chi connectivity index (χ1n) is 5.23. The van der Waals surface area contributed by atoms with Crippen LogP contribution >= 0.6 is 0 Å². The largest absolute Gasteiger partial charge is 0.325 e. The van der Waals surface area contributed by atoms with Gasteiger partial charge in [-0.1, -0.05) is 6.07 Å². The first-order valence-corrected chi connectivity index (χ1v) is 5.23. The number of nitriles is 1. The van der Waals surface area contributed by atoms with Crippen LogP contribution in [0.1, 0.15) is 15.9 Å². The van der Waals surface area contributed by atoms with E-state index in [0.29, 0.717) is 11.3 Å². The Labute approximate surface area is 106 Å². The van der Waals surface area contributed by atoms with Gasteiger partial charge in [-0.2, -0.15) is 5.26 Å². The summed E-state index contributed by atoms with van der Waals surface area (Å²) in [6.07, 6.45) is 1.03. The number of amides is 1. The Bertz CT molecular complexity index is 782. The van der Waals surface area contributed by atoms with E-state index in [2.05, 4.69) is 10.3 Å². The van der Waals surface area contributed by atoms with Crippen molar-refractivity contribution in [3.63, 3.8) is 0 Å². The summed E-state index contributed by atoms with van der Waals surface area (Å²) in [6.45, 7) is 0. The number of aromatic nitrogens is 2. The Morgan fingerprint density at radius 2 is 2.11 bits per heavy atom.